The second kappa shape index (κ2) is 6.47. The summed E-state index contributed by atoms with van der Waals surface area (Å²) in [6, 6.07) is 12.8. The fourth-order valence-electron chi connectivity index (χ4n) is 2.29. The zero-order valence-electron chi connectivity index (χ0n) is 12.8. The van der Waals surface area contributed by atoms with Crippen molar-refractivity contribution in [3.63, 3.8) is 0 Å². The summed E-state index contributed by atoms with van der Waals surface area (Å²) in [5, 5.41) is 21.9. The van der Waals surface area contributed by atoms with Crippen LogP contribution < -0.4 is 16.8 Å². The Morgan fingerprint density at radius 2 is 1.50 bits per heavy atom. The SMILES string of the molecule is NC1=CC(N)C(Nc2ccc(O)cc2)=C/C1=N/c1ccc(O)cc1. The summed E-state index contributed by atoms with van der Waals surface area (Å²) in [5.74, 6) is 0.375. The van der Waals surface area contributed by atoms with Gasteiger partial charge in [-0.1, -0.05) is 0 Å². The van der Waals surface area contributed by atoms with Crippen molar-refractivity contribution in [2.24, 2.45) is 16.5 Å². The quantitative estimate of drug-likeness (QED) is 0.556. The van der Waals surface area contributed by atoms with Crippen LogP contribution in [0.15, 0.2) is 77.1 Å². The van der Waals surface area contributed by atoms with E-state index < -0.39 is 0 Å². The van der Waals surface area contributed by atoms with E-state index in [1.807, 2.05) is 0 Å². The van der Waals surface area contributed by atoms with Gasteiger partial charge in [0.1, 0.15) is 11.5 Å². The van der Waals surface area contributed by atoms with Crippen LogP contribution in [0.25, 0.3) is 0 Å². The third-order valence-electron chi connectivity index (χ3n) is 3.56. The summed E-state index contributed by atoms with van der Waals surface area (Å²) in [4.78, 5) is 4.48. The minimum absolute atomic E-state index is 0.179. The first-order valence-corrected chi connectivity index (χ1v) is 7.40. The van der Waals surface area contributed by atoms with Crippen molar-refractivity contribution in [2.75, 3.05) is 5.32 Å². The van der Waals surface area contributed by atoms with E-state index in [-0.39, 0.29) is 17.5 Å². The second-order valence-electron chi connectivity index (χ2n) is 5.43. The average Bonchev–Trinajstić information content (AvgIpc) is 2.56. The molecule has 0 fully saturated rings. The van der Waals surface area contributed by atoms with Gasteiger partial charge in [-0.2, -0.15) is 0 Å². The van der Waals surface area contributed by atoms with E-state index in [9.17, 15) is 10.2 Å². The lowest BCUT2D eigenvalue weighted by Crippen LogP contribution is -2.31. The topological polar surface area (TPSA) is 117 Å². The lowest BCUT2D eigenvalue weighted by molar-refractivity contribution is 0.475. The van der Waals surface area contributed by atoms with Crippen molar-refractivity contribution in [3.8, 4) is 11.5 Å². The van der Waals surface area contributed by atoms with Gasteiger partial charge in [-0.15, -0.1) is 0 Å². The molecular formula is C18H18N4O2. The number of phenolic OH excluding ortho intramolecular Hbond substituents is 2. The largest absolute Gasteiger partial charge is 0.508 e. The smallest absolute Gasteiger partial charge is 0.115 e. The van der Waals surface area contributed by atoms with Crippen LogP contribution in [0.3, 0.4) is 0 Å². The van der Waals surface area contributed by atoms with Crippen molar-refractivity contribution in [3.05, 3.63) is 72.1 Å². The predicted molar refractivity (Wildman–Crippen MR) is 95.3 cm³/mol. The number of nitrogens with zero attached hydrogens (tertiary/aromatic N) is 1. The Morgan fingerprint density at radius 3 is 2.12 bits per heavy atom. The Balaban J connectivity index is 1.88. The highest BCUT2D eigenvalue weighted by Gasteiger charge is 2.17. The zero-order chi connectivity index (χ0) is 17.1. The van der Waals surface area contributed by atoms with Gasteiger partial charge in [-0.05, 0) is 60.7 Å². The minimum Gasteiger partial charge on any atom is -0.508 e. The summed E-state index contributed by atoms with van der Waals surface area (Å²) in [6.45, 7) is 0. The van der Waals surface area contributed by atoms with Crippen LogP contribution in [0.2, 0.25) is 0 Å². The first-order chi connectivity index (χ1) is 11.5. The highest BCUT2D eigenvalue weighted by molar-refractivity contribution is 6.10. The molecule has 0 radical (unpaired) electrons. The molecule has 0 aromatic heterocycles. The van der Waals surface area contributed by atoms with E-state index in [2.05, 4.69) is 10.3 Å². The van der Waals surface area contributed by atoms with Crippen molar-refractivity contribution in [1.82, 2.24) is 0 Å². The molecule has 2 aromatic carbocycles. The maximum absolute atomic E-state index is 9.34. The molecule has 0 heterocycles. The van der Waals surface area contributed by atoms with Gasteiger partial charge in [-0.25, -0.2) is 4.99 Å². The number of nitrogens with two attached hydrogens (primary N) is 2. The molecule has 24 heavy (non-hydrogen) atoms. The monoisotopic (exact) mass is 322 g/mol. The van der Waals surface area contributed by atoms with Gasteiger partial charge in [0.2, 0.25) is 0 Å². The van der Waals surface area contributed by atoms with E-state index >= 15 is 0 Å². The number of rotatable bonds is 3. The van der Waals surface area contributed by atoms with E-state index in [1.54, 1.807) is 60.7 Å². The number of aliphatic imine (C=N–C) groups is 1. The molecule has 1 atom stereocenters. The van der Waals surface area contributed by atoms with Crippen LogP contribution in [-0.2, 0) is 0 Å². The summed E-state index contributed by atoms with van der Waals surface area (Å²) in [7, 11) is 0. The Bertz CT molecular complexity index is 821. The van der Waals surface area contributed by atoms with E-state index in [0.717, 1.165) is 11.4 Å². The van der Waals surface area contributed by atoms with Crippen LogP contribution in [0, 0.1) is 0 Å². The number of phenols is 2. The Morgan fingerprint density at radius 1 is 0.917 bits per heavy atom. The van der Waals surface area contributed by atoms with Gasteiger partial charge in [0, 0.05) is 11.4 Å². The van der Waals surface area contributed by atoms with Crippen molar-refractivity contribution in [1.29, 1.82) is 0 Å². The van der Waals surface area contributed by atoms with E-state index in [1.165, 1.54) is 0 Å². The van der Waals surface area contributed by atoms with Crippen molar-refractivity contribution >= 4 is 17.1 Å². The fourth-order valence-corrected chi connectivity index (χ4v) is 2.29. The maximum Gasteiger partial charge on any atom is 0.115 e. The van der Waals surface area contributed by atoms with Gasteiger partial charge in [-0.3, -0.25) is 0 Å². The Kier molecular flexibility index (Phi) is 4.22. The molecule has 0 saturated carbocycles. The molecule has 6 nitrogen and oxygen atoms in total. The van der Waals surface area contributed by atoms with Crippen molar-refractivity contribution in [2.45, 2.75) is 6.04 Å². The first kappa shape index (κ1) is 15.6. The van der Waals surface area contributed by atoms with Crippen LogP contribution in [-0.4, -0.2) is 22.0 Å². The Labute approximate surface area is 139 Å². The third-order valence-corrected chi connectivity index (χ3v) is 3.56. The number of hydrogen-bond donors (Lipinski definition) is 5. The lowest BCUT2D eigenvalue weighted by Gasteiger charge is -2.21. The molecule has 6 heteroatoms. The lowest BCUT2D eigenvalue weighted by atomic mass is 10.0. The van der Waals surface area contributed by atoms with Crippen LogP contribution in [0.5, 0.6) is 11.5 Å². The predicted octanol–water partition coefficient (Wildman–Crippen LogP) is 2.35. The van der Waals surface area contributed by atoms with E-state index in [0.29, 0.717) is 17.1 Å². The minimum atomic E-state index is -0.377. The molecule has 0 saturated heterocycles. The van der Waals surface area contributed by atoms with Crippen LogP contribution >= 0.6 is 0 Å². The normalized spacial score (nSPS) is 18.9. The van der Waals surface area contributed by atoms with Gasteiger partial charge < -0.3 is 27.0 Å². The standard InChI is InChI=1S/C18H18N4O2/c19-15-9-16(20)18(22-12-3-7-14(24)8-4-12)10-17(15)21-11-1-5-13(23)6-2-11/h1-10,15,21,23-24H,19-20H2/b22-18-. The molecule has 3 rings (SSSR count). The highest BCUT2D eigenvalue weighted by atomic mass is 16.3. The second-order valence-corrected chi connectivity index (χ2v) is 5.43. The Hall–Kier alpha value is -3.25. The molecule has 1 aliphatic rings. The molecule has 0 aliphatic heterocycles. The molecule has 0 spiro atoms. The van der Waals surface area contributed by atoms with Gasteiger partial charge >= 0.3 is 0 Å². The number of anilines is 1. The summed E-state index contributed by atoms with van der Waals surface area (Å²) < 4.78 is 0. The van der Waals surface area contributed by atoms with Crippen LogP contribution in [0.1, 0.15) is 0 Å². The molecule has 7 N–H and O–H groups in total. The number of hydrogen-bond acceptors (Lipinski definition) is 6. The van der Waals surface area contributed by atoms with Crippen molar-refractivity contribution < 1.29 is 10.2 Å². The molecule has 122 valence electrons. The number of allylic oxidation sites excluding steroid dienone is 1. The summed E-state index contributed by atoms with van der Waals surface area (Å²) in [6.07, 6.45) is 3.52. The van der Waals surface area contributed by atoms with Gasteiger partial charge in [0.25, 0.3) is 0 Å². The van der Waals surface area contributed by atoms with E-state index in [4.69, 9.17) is 11.5 Å². The number of benzene rings is 2. The molecule has 0 amide bonds. The number of nitrogens with one attached hydrogen (secondary N) is 1. The van der Waals surface area contributed by atoms with Crippen LogP contribution in [0.4, 0.5) is 11.4 Å². The molecular weight excluding hydrogens is 304 g/mol. The molecule has 0 bridgehead atoms. The average molecular weight is 322 g/mol. The molecule has 1 unspecified atom stereocenters. The van der Waals surface area contributed by atoms with Gasteiger partial charge in [0.15, 0.2) is 0 Å². The maximum atomic E-state index is 9.34. The molecule has 2 aromatic rings. The third kappa shape index (κ3) is 3.56. The fraction of sp³-hybridized carbons (Fsp3) is 0.0556. The van der Waals surface area contributed by atoms with Gasteiger partial charge in [0.05, 0.1) is 23.1 Å². The number of aromatic hydroxyl groups is 2. The summed E-state index contributed by atoms with van der Waals surface area (Å²) >= 11 is 0. The highest BCUT2D eigenvalue weighted by Crippen LogP contribution is 2.22. The zero-order valence-corrected chi connectivity index (χ0v) is 12.8. The molecule has 1 aliphatic carbocycles. The summed E-state index contributed by atoms with van der Waals surface area (Å²) in [5.41, 5.74) is 15.4. The first-order valence-electron chi connectivity index (χ1n) is 7.40.